The highest BCUT2D eigenvalue weighted by Crippen LogP contribution is 2.24. The van der Waals surface area contributed by atoms with Gasteiger partial charge < -0.3 is 14.5 Å². The van der Waals surface area contributed by atoms with Gasteiger partial charge in [0.25, 0.3) is 5.91 Å². The van der Waals surface area contributed by atoms with E-state index in [0.29, 0.717) is 17.9 Å². The van der Waals surface area contributed by atoms with E-state index in [1.165, 1.54) is 0 Å². The normalized spacial score (nSPS) is 18.6. The van der Waals surface area contributed by atoms with Gasteiger partial charge in [-0.05, 0) is 63.3 Å². The van der Waals surface area contributed by atoms with Gasteiger partial charge >= 0.3 is 6.09 Å². The van der Waals surface area contributed by atoms with Crippen LogP contribution in [0.3, 0.4) is 0 Å². The highest BCUT2D eigenvalue weighted by molar-refractivity contribution is 5.94. The standard InChI is InChI=1S/C24H28N6O3/c1-17-22(26-27-30(17)21-11-6-10-20-19(21)9-7-12-25-20)23(31)29-15-3-2-8-18(29)16-33-24(32)28-13-4-5-14-28/h6-7,9-12,18H,2-5,8,13-16H2,1H3. The van der Waals surface area contributed by atoms with Crippen LogP contribution < -0.4 is 0 Å². The van der Waals surface area contributed by atoms with Crippen molar-refractivity contribution in [3.8, 4) is 5.69 Å². The van der Waals surface area contributed by atoms with Gasteiger partial charge in [0.05, 0.1) is 22.9 Å². The zero-order valence-electron chi connectivity index (χ0n) is 18.8. The molecule has 2 amide bonds. The van der Waals surface area contributed by atoms with E-state index >= 15 is 0 Å². The van der Waals surface area contributed by atoms with E-state index in [4.69, 9.17) is 4.74 Å². The summed E-state index contributed by atoms with van der Waals surface area (Å²) in [7, 11) is 0. The van der Waals surface area contributed by atoms with Crippen LogP contribution in [0.15, 0.2) is 36.5 Å². The van der Waals surface area contributed by atoms with Crippen LogP contribution >= 0.6 is 0 Å². The number of hydrogen-bond acceptors (Lipinski definition) is 6. The predicted octanol–water partition coefficient (Wildman–Crippen LogP) is 3.35. The smallest absolute Gasteiger partial charge is 0.409 e. The zero-order valence-corrected chi connectivity index (χ0v) is 18.8. The summed E-state index contributed by atoms with van der Waals surface area (Å²) in [5.74, 6) is -0.168. The molecule has 2 aliphatic heterocycles. The first-order chi connectivity index (χ1) is 16.1. The number of likely N-dealkylation sites (tertiary alicyclic amines) is 2. The van der Waals surface area contributed by atoms with Crippen LogP contribution in [-0.4, -0.2) is 74.1 Å². The lowest BCUT2D eigenvalue weighted by Gasteiger charge is -2.35. The minimum absolute atomic E-state index is 0.149. The Hall–Kier alpha value is -3.49. The van der Waals surface area contributed by atoms with Crippen LogP contribution in [0.5, 0.6) is 0 Å². The number of piperidine rings is 1. The lowest BCUT2D eigenvalue weighted by molar-refractivity contribution is 0.0387. The summed E-state index contributed by atoms with van der Waals surface area (Å²) >= 11 is 0. The Morgan fingerprint density at radius 3 is 2.73 bits per heavy atom. The van der Waals surface area contributed by atoms with Gasteiger partial charge in [-0.25, -0.2) is 9.48 Å². The maximum Gasteiger partial charge on any atom is 0.409 e. The molecule has 9 heteroatoms. The van der Waals surface area contributed by atoms with E-state index in [0.717, 1.165) is 61.8 Å². The minimum atomic E-state index is -0.280. The summed E-state index contributed by atoms with van der Waals surface area (Å²) in [6.45, 7) is 4.18. The number of amides is 2. The number of carbonyl (C=O) groups excluding carboxylic acids is 2. The fraction of sp³-hybridized carbons (Fsp3) is 0.458. The van der Waals surface area contributed by atoms with E-state index in [-0.39, 0.29) is 24.6 Å². The second kappa shape index (κ2) is 9.17. The third-order valence-corrected chi connectivity index (χ3v) is 6.60. The Morgan fingerprint density at radius 2 is 1.88 bits per heavy atom. The second-order valence-electron chi connectivity index (χ2n) is 8.70. The van der Waals surface area contributed by atoms with Crippen molar-refractivity contribution in [1.82, 2.24) is 29.8 Å². The Bertz CT molecular complexity index is 1160. The molecule has 0 saturated carbocycles. The topological polar surface area (TPSA) is 93.5 Å². The molecule has 0 radical (unpaired) electrons. The minimum Gasteiger partial charge on any atom is -0.447 e. The number of carbonyl (C=O) groups is 2. The van der Waals surface area contributed by atoms with Gasteiger partial charge in [-0.3, -0.25) is 9.78 Å². The van der Waals surface area contributed by atoms with Crippen LogP contribution in [-0.2, 0) is 4.74 Å². The molecule has 2 saturated heterocycles. The number of ether oxygens (including phenoxy) is 1. The Balaban J connectivity index is 1.36. The van der Waals surface area contributed by atoms with E-state index in [1.807, 2.05) is 37.3 Å². The lowest BCUT2D eigenvalue weighted by atomic mass is 10.0. The number of nitrogens with zero attached hydrogens (tertiary/aromatic N) is 6. The lowest BCUT2D eigenvalue weighted by Crippen LogP contribution is -2.47. The molecule has 0 bridgehead atoms. The third kappa shape index (κ3) is 4.15. The summed E-state index contributed by atoms with van der Waals surface area (Å²) < 4.78 is 7.28. The maximum absolute atomic E-state index is 13.5. The number of benzene rings is 1. The molecule has 5 rings (SSSR count). The molecule has 0 spiro atoms. The molecule has 3 aromatic rings. The molecule has 0 N–H and O–H groups in total. The van der Waals surface area contributed by atoms with Gasteiger partial charge in [-0.1, -0.05) is 11.3 Å². The van der Waals surface area contributed by atoms with Gasteiger partial charge in [-0.15, -0.1) is 5.10 Å². The maximum atomic E-state index is 13.5. The molecular weight excluding hydrogens is 420 g/mol. The van der Waals surface area contributed by atoms with Gasteiger partial charge in [0.2, 0.25) is 0 Å². The van der Waals surface area contributed by atoms with Crippen molar-refractivity contribution < 1.29 is 14.3 Å². The average molecular weight is 449 g/mol. The van der Waals surface area contributed by atoms with Crippen molar-refractivity contribution in [2.75, 3.05) is 26.2 Å². The number of hydrogen-bond donors (Lipinski definition) is 0. The molecule has 4 heterocycles. The average Bonchev–Trinajstić information content (AvgIpc) is 3.52. The van der Waals surface area contributed by atoms with Crippen LogP contribution in [0.25, 0.3) is 16.6 Å². The van der Waals surface area contributed by atoms with Gasteiger partial charge in [0.15, 0.2) is 5.69 Å². The van der Waals surface area contributed by atoms with Crippen LogP contribution in [0.4, 0.5) is 4.79 Å². The number of pyridine rings is 1. The Labute approximate surface area is 192 Å². The van der Waals surface area contributed by atoms with E-state index in [1.54, 1.807) is 20.7 Å². The monoisotopic (exact) mass is 448 g/mol. The molecule has 0 aliphatic carbocycles. The second-order valence-corrected chi connectivity index (χ2v) is 8.70. The molecule has 2 fully saturated rings. The van der Waals surface area contributed by atoms with Gasteiger partial charge in [0.1, 0.15) is 6.61 Å². The van der Waals surface area contributed by atoms with Crippen molar-refractivity contribution >= 4 is 22.9 Å². The zero-order chi connectivity index (χ0) is 22.8. The molecule has 9 nitrogen and oxygen atoms in total. The summed E-state index contributed by atoms with van der Waals surface area (Å²) in [5.41, 5.74) is 2.69. The molecule has 2 aromatic heterocycles. The molecule has 2 aliphatic rings. The molecule has 33 heavy (non-hydrogen) atoms. The van der Waals surface area contributed by atoms with Crippen molar-refractivity contribution in [2.45, 2.75) is 45.1 Å². The first-order valence-corrected chi connectivity index (χ1v) is 11.6. The fourth-order valence-corrected chi connectivity index (χ4v) is 4.76. The third-order valence-electron chi connectivity index (χ3n) is 6.60. The number of aromatic nitrogens is 4. The molecule has 172 valence electrons. The van der Waals surface area contributed by atoms with E-state index < -0.39 is 0 Å². The largest absolute Gasteiger partial charge is 0.447 e. The summed E-state index contributed by atoms with van der Waals surface area (Å²) in [6, 6.07) is 9.52. The SMILES string of the molecule is Cc1c(C(=O)N2CCCCC2COC(=O)N2CCCC2)nnn1-c1cccc2ncccc12. The summed E-state index contributed by atoms with van der Waals surface area (Å²) in [6.07, 6.45) is 6.24. The van der Waals surface area contributed by atoms with Gasteiger partial charge in [0, 0.05) is 31.2 Å². The molecular formula is C24H28N6O3. The van der Waals surface area contributed by atoms with Crippen molar-refractivity contribution in [3.63, 3.8) is 0 Å². The molecule has 1 unspecified atom stereocenters. The molecule has 1 aromatic carbocycles. The van der Waals surface area contributed by atoms with Crippen LogP contribution in [0, 0.1) is 6.92 Å². The Morgan fingerprint density at radius 1 is 1.06 bits per heavy atom. The number of rotatable bonds is 4. The van der Waals surface area contributed by atoms with Gasteiger partial charge in [-0.2, -0.15) is 0 Å². The number of fused-ring (bicyclic) bond motifs is 1. The van der Waals surface area contributed by atoms with Crippen molar-refractivity contribution in [1.29, 1.82) is 0 Å². The first-order valence-electron chi connectivity index (χ1n) is 11.6. The highest BCUT2D eigenvalue weighted by atomic mass is 16.6. The summed E-state index contributed by atoms with van der Waals surface area (Å²) in [5, 5.41) is 9.50. The van der Waals surface area contributed by atoms with E-state index in [9.17, 15) is 9.59 Å². The van der Waals surface area contributed by atoms with Crippen LogP contribution in [0.1, 0.15) is 48.3 Å². The predicted molar refractivity (Wildman–Crippen MR) is 122 cm³/mol. The highest BCUT2D eigenvalue weighted by Gasteiger charge is 2.32. The Kier molecular flexibility index (Phi) is 5.93. The quantitative estimate of drug-likeness (QED) is 0.608. The summed E-state index contributed by atoms with van der Waals surface area (Å²) in [4.78, 5) is 33.8. The van der Waals surface area contributed by atoms with Crippen LogP contribution in [0.2, 0.25) is 0 Å². The van der Waals surface area contributed by atoms with Crippen molar-refractivity contribution in [3.05, 3.63) is 47.9 Å². The first kappa shape index (κ1) is 21.4. The van der Waals surface area contributed by atoms with E-state index in [2.05, 4.69) is 15.3 Å². The molecule has 1 atom stereocenters. The fourth-order valence-electron chi connectivity index (χ4n) is 4.76. The van der Waals surface area contributed by atoms with Crippen molar-refractivity contribution in [2.24, 2.45) is 0 Å².